The van der Waals surface area contributed by atoms with Crippen LogP contribution in [0.1, 0.15) is 48.0 Å². The molecule has 1 N–H and O–H groups in total. The largest absolute Gasteiger partial charge is 0.464 e. The van der Waals surface area contributed by atoms with Crippen LogP contribution in [0.3, 0.4) is 0 Å². The lowest BCUT2D eigenvalue weighted by Crippen LogP contribution is -2.42. The Hall–Kier alpha value is -1.26. The Morgan fingerprint density at radius 2 is 1.78 bits per heavy atom. The first-order chi connectivity index (χ1) is 8.15. The van der Waals surface area contributed by atoms with Crippen LogP contribution in [-0.2, 0) is 14.3 Å². The molecule has 0 aromatic carbocycles. The molecule has 0 aliphatic rings. The zero-order chi connectivity index (χ0) is 14.3. The number of carbonyl (C=O) groups is 2. The van der Waals surface area contributed by atoms with Crippen molar-refractivity contribution < 1.29 is 19.1 Å². The Morgan fingerprint density at radius 1 is 1.22 bits per heavy atom. The van der Waals surface area contributed by atoms with Crippen LogP contribution in [0.4, 0.5) is 4.79 Å². The minimum absolute atomic E-state index is 0.322. The van der Waals surface area contributed by atoms with Crippen LogP contribution in [0.2, 0.25) is 0 Å². The van der Waals surface area contributed by atoms with Crippen LogP contribution in [0.15, 0.2) is 0 Å². The van der Waals surface area contributed by atoms with E-state index in [0.717, 1.165) is 6.42 Å². The molecule has 0 rings (SSSR count). The maximum atomic E-state index is 11.6. The van der Waals surface area contributed by atoms with E-state index in [-0.39, 0.29) is 0 Å². The van der Waals surface area contributed by atoms with Crippen molar-refractivity contribution in [3.63, 3.8) is 0 Å². The van der Waals surface area contributed by atoms with Gasteiger partial charge in [-0.15, -0.1) is 0 Å². The van der Waals surface area contributed by atoms with E-state index >= 15 is 0 Å². The second-order valence-corrected chi connectivity index (χ2v) is 5.51. The number of hydrogen-bond acceptors (Lipinski definition) is 4. The van der Waals surface area contributed by atoms with Crippen molar-refractivity contribution in [3.8, 4) is 0 Å². The molecule has 0 heterocycles. The fourth-order valence-corrected chi connectivity index (χ4v) is 1.01. The maximum absolute atomic E-state index is 11.6. The summed E-state index contributed by atoms with van der Waals surface area (Å²) in [6, 6.07) is -0.705. The average molecular weight is 259 g/mol. The van der Waals surface area contributed by atoms with Gasteiger partial charge >= 0.3 is 12.1 Å². The van der Waals surface area contributed by atoms with Crippen molar-refractivity contribution in [2.45, 2.75) is 59.6 Å². The van der Waals surface area contributed by atoms with Crippen molar-refractivity contribution >= 4 is 12.1 Å². The predicted molar refractivity (Wildman–Crippen MR) is 69.2 cm³/mol. The molecule has 0 aromatic rings. The van der Waals surface area contributed by atoms with Crippen LogP contribution in [-0.4, -0.2) is 30.3 Å². The minimum Gasteiger partial charge on any atom is -0.464 e. The smallest absolute Gasteiger partial charge is 0.408 e. The summed E-state index contributed by atoms with van der Waals surface area (Å²) in [6.07, 6.45) is 0.330. The summed E-state index contributed by atoms with van der Waals surface area (Å²) in [5, 5.41) is 2.44. The van der Waals surface area contributed by atoms with Gasteiger partial charge in [-0.1, -0.05) is 20.3 Å². The number of alkyl carbamates (subject to hydrolysis) is 1. The zero-order valence-electron chi connectivity index (χ0n) is 12.2. The first-order valence-electron chi connectivity index (χ1n) is 6.31. The molecule has 0 radical (unpaired) electrons. The van der Waals surface area contributed by atoms with Crippen LogP contribution in [0.25, 0.3) is 0 Å². The van der Waals surface area contributed by atoms with Crippen LogP contribution >= 0.6 is 0 Å². The summed E-state index contributed by atoms with van der Waals surface area (Å²) in [5.41, 5.74) is -0.579. The molecule has 0 bridgehead atoms. The molecule has 0 aromatic heterocycles. The van der Waals surface area contributed by atoms with E-state index in [9.17, 15) is 9.59 Å². The molecule has 0 saturated carbocycles. The summed E-state index contributed by atoms with van der Waals surface area (Å²) in [5.74, 6) is -0.121. The highest BCUT2D eigenvalue weighted by atomic mass is 16.6. The molecule has 0 aliphatic heterocycles. The van der Waals surface area contributed by atoms with Gasteiger partial charge < -0.3 is 14.8 Å². The normalized spacial score (nSPS) is 14.6. The Balaban J connectivity index is 4.04. The van der Waals surface area contributed by atoms with Gasteiger partial charge in [0.25, 0.3) is 0 Å². The molecular formula is C13H25NO4. The van der Waals surface area contributed by atoms with E-state index in [1.165, 1.54) is 0 Å². The van der Waals surface area contributed by atoms with E-state index < -0.39 is 23.7 Å². The quantitative estimate of drug-likeness (QED) is 0.770. The highest BCUT2D eigenvalue weighted by molar-refractivity contribution is 5.80. The second-order valence-electron chi connectivity index (χ2n) is 5.51. The van der Waals surface area contributed by atoms with Gasteiger partial charge in [-0.3, -0.25) is 0 Å². The van der Waals surface area contributed by atoms with Crippen molar-refractivity contribution in [1.82, 2.24) is 5.32 Å². The lowest BCUT2D eigenvalue weighted by atomic mass is 10.1. The van der Waals surface area contributed by atoms with E-state index in [2.05, 4.69) is 5.32 Å². The highest BCUT2D eigenvalue weighted by Gasteiger charge is 2.22. The summed E-state index contributed by atoms with van der Waals surface area (Å²) in [6.45, 7) is 11.3. The second kappa shape index (κ2) is 7.24. The minimum atomic E-state index is -0.705. The van der Waals surface area contributed by atoms with Gasteiger partial charge in [0.2, 0.25) is 0 Å². The van der Waals surface area contributed by atoms with E-state index in [1.54, 1.807) is 27.7 Å². The third-order valence-electron chi connectivity index (χ3n) is 2.29. The van der Waals surface area contributed by atoms with E-state index in [0.29, 0.717) is 12.5 Å². The fraction of sp³-hybridized carbons (Fsp3) is 0.846. The molecule has 0 fully saturated rings. The molecule has 106 valence electrons. The van der Waals surface area contributed by atoms with Crippen LogP contribution < -0.4 is 5.32 Å². The number of hydrogen-bond donors (Lipinski definition) is 1. The summed E-state index contributed by atoms with van der Waals surface area (Å²) < 4.78 is 10.1. The van der Waals surface area contributed by atoms with Gasteiger partial charge in [-0.05, 0) is 33.6 Å². The summed E-state index contributed by atoms with van der Waals surface area (Å²) >= 11 is 0. The van der Waals surface area contributed by atoms with E-state index in [1.807, 2.05) is 13.8 Å². The Kier molecular flexibility index (Phi) is 6.73. The third-order valence-corrected chi connectivity index (χ3v) is 2.29. The van der Waals surface area contributed by atoms with Gasteiger partial charge in [0.15, 0.2) is 0 Å². The van der Waals surface area contributed by atoms with Crippen molar-refractivity contribution in [2.24, 2.45) is 5.92 Å². The third kappa shape index (κ3) is 7.92. The first-order valence-corrected chi connectivity index (χ1v) is 6.31. The molecule has 2 atom stereocenters. The predicted octanol–water partition coefficient (Wildman–Crippen LogP) is 2.49. The van der Waals surface area contributed by atoms with Gasteiger partial charge in [0, 0.05) is 0 Å². The number of ether oxygens (including phenoxy) is 2. The first kappa shape index (κ1) is 16.7. The number of amides is 1. The topological polar surface area (TPSA) is 64.6 Å². The molecule has 0 saturated heterocycles. The number of esters is 1. The van der Waals surface area contributed by atoms with Gasteiger partial charge in [0.05, 0.1) is 6.61 Å². The summed E-state index contributed by atoms with van der Waals surface area (Å²) in [7, 11) is 0. The maximum Gasteiger partial charge on any atom is 0.408 e. The van der Waals surface area contributed by atoms with Gasteiger partial charge in [-0.25, -0.2) is 9.59 Å². The number of carbonyl (C=O) groups excluding carboxylic acids is 2. The molecule has 1 amide bonds. The molecule has 0 aliphatic carbocycles. The van der Waals surface area contributed by atoms with Crippen LogP contribution in [0.5, 0.6) is 0 Å². The number of nitrogens with one attached hydrogen (secondary N) is 1. The monoisotopic (exact) mass is 259 g/mol. The fourth-order valence-electron chi connectivity index (χ4n) is 1.01. The Bertz CT molecular complexity index is 283. The standard InChI is InChI=1S/C13H25NO4/c1-7-9(2)8-17-11(15)10(3)14-12(16)18-13(4,5)6/h9-10H,7-8H2,1-6H3,(H,14,16)/t9?,10-/m0/s1. The highest BCUT2D eigenvalue weighted by Crippen LogP contribution is 2.07. The molecule has 5 heteroatoms. The average Bonchev–Trinajstić information content (AvgIpc) is 2.22. The molecule has 1 unspecified atom stereocenters. The zero-order valence-corrected chi connectivity index (χ0v) is 12.2. The lowest BCUT2D eigenvalue weighted by molar-refractivity contribution is -0.146. The molecule has 5 nitrogen and oxygen atoms in total. The van der Waals surface area contributed by atoms with Crippen LogP contribution in [0, 0.1) is 5.92 Å². The lowest BCUT2D eigenvalue weighted by Gasteiger charge is -2.21. The van der Waals surface area contributed by atoms with Crippen molar-refractivity contribution in [2.75, 3.05) is 6.61 Å². The Labute approximate surface area is 109 Å². The Morgan fingerprint density at radius 3 is 2.22 bits per heavy atom. The van der Waals surface area contributed by atoms with Gasteiger partial charge in [0.1, 0.15) is 11.6 Å². The molecule has 18 heavy (non-hydrogen) atoms. The van der Waals surface area contributed by atoms with Crippen molar-refractivity contribution in [1.29, 1.82) is 0 Å². The molecule has 0 spiro atoms. The molecular weight excluding hydrogens is 234 g/mol. The SMILES string of the molecule is CCC(C)COC(=O)[C@H](C)NC(=O)OC(C)(C)C. The van der Waals surface area contributed by atoms with Crippen molar-refractivity contribution in [3.05, 3.63) is 0 Å². The van der Waals surface area contributed by atoms with Gasteiger partial charge in [-0.2, -0.15) is 0 Å². The summed E-state index contributed by atoms with van der Waals surface area (Å²) in [4.78, 5) is 23.0. The van der Waals surface area contributed by atoms with E-state index in [4.69, 9.17) is 9.47 Å². The number of rotatable bonds is 5.